The van der Waals surface area contributed by atoms with Gasteiger partial charge in [0.15, 0.2) is 0 Å². The van der Waals surface area contributed by atoms with Crippen LogP contribution in [0.1, 0.15) is 32.1 Å². The highest BCUT2D eigenvalue weighted by Gasteiger charge is 2.24. The molecular weight excluding hydrogens is 294 g/mol. The number of halogens is 1. The maximum absolute atomic E-state index is 11.9. The summed E-state index contributed by atoms with van der Waals surface area (Å²) >= 11 is 7.64. The molecule has 0 aliphatic heterocycles. The number of hydrogen-bond acceptors (Lipinski definition) is 3. The Morgan fingerprint density at radius 2 is 2.10 bits per heavy atom. The highest BCUT2D eigenvalue weighted by Crippen LogP contribution is 2.27. The average molecular weight is 314 g/mol. The van der Waals surface area contributed by atoms with Gasteiger partial charge >= 0.3 is 0 Å². The molecule has 0 heterocycles. The van der Waals surface area contributed by atoms with Gasteiger partial charge in [-0.3, -0.25) is 4.79 Å². The maximum atomic E-state index is 11.9. The molecule has 20 heavy (non-hydrogen) atoms. The lowest BCUT2D eigenvalue weighted by molar-refractivity contribution is -0.122. The van der Waals surface area contributed by atoms with E-state index < -0.39 is 0 Å². The fourth-order valence-corrected chi connectivity index (χ4v) is 3.56. The summed E-state index contributed by atoms with van der Waals surface area (Å²) in [5.41, 5.74) is 0. The van der Waals surface area contributed by atoms with E-state index in [1.807, 2.05) is 24.3 Å². The minimum atomic E-state index is -0.385. The number of amides is 1. The van der Waals surface area contributed by atoms with Gasteiger partial charge < -0.3 is 10.4 Å². The van der Waals surface area contributed by atoms with Crippen molar-refractivity contribution in [1.29, 1.82) is 0 Å². The van der Waals surface area contributed by atoms with Crippen LogP contribution in [-0.4, -0.2) is 28.9 Å². The third kappa shape index (κ3) is 4.69. The van der Waals surface area contributed by atoms with Crippen molar-refractivity contribution in [3.05, 3.63) is 29.3 Å². The first-order valence-corrected chi connectivity index (χ1v) is 8.38. The van der Waals surface area contributed by atoms with Gasteiger partial charge in [0.2, 0.25) is 5.91 Å². The van der Waals surface area contributed by atoms with Gasteiger partial charge in [0.05, 0.1) is 17.2 Å². The zero-order valence-corrected chi connectivity index (χ0v) is 12.9. The van der Waals surface area contributed by atoms with Gasteiger partial charge in [-0.2, -0.15) is 0 Å². The Labute approximate surface area is 129 Å². The molecule has 110 valence electrons. The lowest BCUT2D eigenvalue weighted by atomic mass is 9.92. The molecule has 2 atom stereocenters. The molecule has 2 N–H and O–H groups in total. The molecule has 0 unspecified atom stereocenters. The normalized spacial score (nSPS) is 22.5. The predicted molar refractivity (Wildman–Crippen MR) is 83.2 cm³/mol. The van der Waals surface area contributed by atoms with Gasteiger partial charge in [0.1, 0.15) is 0 Å². The zero-order valence-electron chi connectivity index (χ0n) is 11.3. The Bertz CT molecular complexity index is 455. The van der Waals surface area contributed by atoms with Crippen LogP contribution in [0.25, 0.3) is 0 Å². The molecule has 3 nitrogen and oxygen atoms in total. The fraction of sp³-hybridized carbons (Fsp3) is 0.533. The van der Waals surface area contributed by atoms with Crippen molar-refractivity contribution in [3.8, 4) is 0 Å². The molecule has 1 fully saturated rings. The number of nitrogens with one attached hydrogen (secondary N) is 1. The Hall–Kier alpha value is -0.710. The van der Waals surface area contributed by atoms with Crippen molar-refractivity contribution in [2.75, 3.05) is 5.75 Å². The van der Waals surface area contributed by atoms with Crippen molar-refractivity contribution in [3.63, 3.8) is 0 Å². The molecule has 0 radical (unpaired) electrons. The molecule has 0 aromatic heterocycles. The van der Waals surface area contributed by atoms with Crippen molar-refractivity contribution in [2.24, 2.45) is 0 Å². The Balaban J connectivity index is 1.71. The summed E-state index contributed by atoms with van der Waals surface area (Å²) in [6, 6.07) is 7.57. The van der Waals surface area contributed by atoms with Gasteiger partial charge in [0, 0.05) is 17.1 Å². The molecule has 1 saturated carbocycles. The monoisotopic (exact) mass is 313 g/mol. The third-order valence-electron chi connectivity index (χ3n) is 3.50. The second-order valence-electron chi connectivity index (χ2n) is 5.05. The lowest BCUT2D eigenvalue weighted by Crippen LogP contribution is -2.45. The van der Waals surface area contributed by atoms with Crippen molar-refractivity contribution < 1.29 is 9.90 Å². The first-order chi connectivity index (χ1) is 9.66. The molecule has 0 bridgehead atoms. The highest BCUT2D eigenvalue weighted by atomic mass is 35.5. The van der Waals surface area contributed by atoms with Crippen LogP contribution in [0.3, 0.4) is 0 Å². The first kappa shape index (κ1) is 15.7. The van der Waals surface area contributed by atoms with Gasteiger partial charge in [-0.25, -0.2) is 0 Å². The number of hydrogen-bond donors (Lipinski definition) is 2. The van der Waals surface area contributed by atoms with Crippen LogP contribution in [0.5, 0.6) is 0 Å². The summed E-state index contributed by atoms with van der Waals surface area (Å²) in [6.07, 6.45) is 3.86. The van der Waals surface area contributed by atoms with Crippen LogP contribution in [0.4, 0.5) is 0 Å². The Kier molecular flexibility index (Phi) is 6.20. The smallest absolute Gasteiger partial charge is 0.221 e. The second-order valence-corrected chi connectivity index (χ2v) is 6.60. The van der Waals surface area contributed by atoms with Crippen LogP contribution in [0.15, 0.2) is 29.2 Å². The number of aliphatic hydroxyl groups is 1. The van der Waals surface area contributed by atoms with Crippen LogP contribution in [0.2, 0.25) is 5.02 Å². The van der Waals surface area contributed by atoms with Gasteiger partial charge in [-0.15, -0.1) is 11.8 Å². The molecule has 0 spiro atoms. The maximum Gasteiger partial charge on any atom is 0.221 e. The summed E-state index contributed by atoms with van der Waals surface area (Å²) in [7, 11) is 0. The van der Waals surface area contributed by atoms with Gasteiger partial charge in [-0.1, -0.05) is 36.6 Å². The first-order valence-electron chi connectivity index (χ1n) is 7.01. The Morgan fingerprint density at radius 1 is 1.35 bits per heavy atom. The van der Waals surface area contributed by atoms with Crippen LogP contribution in [-0.2, 0) is 4.79 Å². The second kappa shape index (κ2) is 7.91. The van der Waals surface area contributed by atoms with Gasteiger partial charge in [0.25, 0.3) is 0 Å². The Morgan fingerprint density at radius 3 is 2.85 bits per heavy atom. The standard InChI is InChI=1S/C15H20ClNO2S/c16-11-5-1-4-8-14(11)20-10-9-15(19)17-12-6-2-3-7-13(12)18/h1,4-5,8,12-13,18H,2-3,6-7,9-10H2,(H,17,19)/t12-,13-/m1/s1. The SMILES string of the molecule is O=C(CCSc1ccccc1Cl)N[C@@H]1CCCC[C@H]1O. The molecule has 1 aliphatic carbocycles. The molecule has 1 aromatic rings. The van der Waals surface area contributed by atoms with Crippen molar-refractivity contribution in [2.45, 2.75) is 49.1 Å². The largest absolute Gasteiger partial charge is 0.391 e. The van der Waals surface area contributed by atoms with E-state index in [1.165, 1.54) is 0 Å². The minimum Gasteiger partial charge on any atom is -0.391 e. The average Bonchev–Trinajstić information content (AvgIpc) is 2.43. The number of benzene rings is 1. The number of rotatable bonds is 5. The zero-order chi connectivity index (χ0) is 14.4. The third-order valence-corrected chi connectivity index (χ3v) is 5.02. The minimum absolute atomic E-state index is 0.00973. The van der Waals surface area contributed by atoms with E-state index in [0.29, 0.717) is 12.2 Å². The molecule has 1 aliphatic rings. The summed E-state index contributed by atoms with van der Waals surface area (Å²) in [6.45, 7) is 0. The topological polar surface area (TPSA) is 49.3 Å². The summed E-state index contributed by atoms with van der Waals surface area (Å²) in [5.74, 6) is 0.703. The van der Waals surface area contributed by atoms with Crippen LogP contribution < -0.4 is 5.32 Å². The molecule has 5 heteroatoms. The van der Waals surface area contributed by atoms with E-state index in [2.05, 4.69) is 5.32 Å². The summed E-state index contributed by atoms with van der Waals surface area (Å²) in [5, 5.41) is 13.5. The highest BCUT2D eigenvalue weighted by molar-refractivity contribution is 7.99. The quantitative estimate of drug-likeness (QED) is 0.820. The van der Waals surface area contributed by atoms with Crippen molar-refractivity contribution >= 4 is 29.3 Å². The predicted octanol–water partition coefficient (Wildman–Crippen LogP) is 3.24. The molecule has 1 amide bonds. The summed E-state index contributed by atoms with van der Waals surface area (Å²) in [4.78, 5) is 12.9. The number of thioether (sulfide) groups is 1. The molecular formula is C15H20ClNO2S. The van der Waals surface area contributed by atoms with E-state index in [9.17, 15) is 9.90 Å². The summed E-state index contributed by atoms with van der Waals surface area (Å²) < 4.78 is 0. The van der Waals surface area contributed by atoms with Gasteiger partial charge in [-0.05, 0) is 25.0 Å². The van der Waals surface area contributed by atoms with Crippen LogP contribution in [0, 0.1) is 0 Å². The number of carbonyl (C=O) groups excluding carboxylic acids is 1. The molecule has 1 aromatic carbocycles. The van der Waals surface area contributed by atoms with E-state index in [1.54, 1.807) is 11.8 Å². The fourth-order valence-electron chi connectivity index (χ4n) is 2.37. The number of carbonyl (C=O) groups is 1. The van der Waals surface area contributed by atoms with E-state index in [0.717, 1.165) is 35.6 Å². The van der Waals surface area contributed by atoms with E-state index in [4.69, 9.17) is 11.6 Å². The number of aliphatic hydroxyl groups excluding tert-OH is 1. The molecule has 2 rings (SSSR count). The lowest BCUT2D eigenvalue weighted by Gasteiger charge is -2.28. The van der Waals surface area contributed by atoms with Crippen LogP contribution >= 0.6 is 23.4 Å². The van der Waals surface area contributed by atoms with Crippen molar-refractivity contribution in [1.82, 2.24) is 5.32 Å². The van der Waals surface area contributed by atoms with E-state index in [-0.39, 0.29) is 18.1 Å². The molecule has 0 saturated heterocycles. The van der Waals surface area contributed by atoms with E-state index >= 15 is 0 Å².